The molecule has 4 nitrogen and oxygen atoms in total. The number of unbranched alkanes of at least 4 members (excludes halogenated alkanes) is 1. The number of nitrogens with one attached hydrogen (secondary N) is 1. The van der Waals surface area contributed by atoms with Gasteiger partial charge in [0.15, 0.2) is 0 Å². The highest BCUT2D eigenvalue weighted by Crippen LogP contribution is 2.24. The Morgan fingerprint density at radius 2 is 2.00 bits per heavy atom. The molecule has 18 heavy (non-hydrogen) atoms. The summed E-state index contributed by atoms with van der Waals surface area (Å²) in [6.45, 7) is 6.62. The molecule has 0 atom stereocenters. The number of sulfonamides is 1. The minimum absolute atomic E-state index is 0.223. The van der Waals surface area contributed by atoms with E-state index in [4.69, 9.17) is 4.74 Å². The van der Waals surface area contributed by atoms with Gasteiger partial charge in [0.2, 0.25) is 10.0 Å². The Morgan fingerprint density at radius 3 is 2.61 bits per heavy atom. The lowest BCUT2D eigenvalue weighted by atomic mass is 10.2. The fourth-order valence-electron chi connectivity index (χ4n) is 1.56. The molecule has 5 heteroatoms. The molecule has 0 saturated carbocycles. The summed E-state index contributed by atoms with van der Waals surface area (Å²) in [5, 5.41) is 0. The maximum atomic E-state index is 12.2. The highest BCUT2D eigenvalue weighted by molar-refractivity contribution is 7.89. The van der Waals surface area contributed by atoms with E-state index in [9.17, 15) is 8.42 Å². The number of hydrogen-bond donors (Lipinski definition) is 1. The van der Waals surface area contributed by atoms with Gasteiger partial charge in [-0.2, -0.15) is 0 Å². The Labute approximate surface area is 109 Å². The molecule has 0 aliphatic rings. The van der Waals surface area contributed by atoms with Gasteiger partial charge >= 0.3 is 0 Å². The normalized spacial score (nSPS) is 11.5. The van der Waals surface area contributed by atoms with Gasteiger partial charge in [-0.05, 0) is 38.0 Å². The highest BCUT2D eigenvalue weighted by atomic mass is 32.2. The summed E-state index contributed by atoms with van der Waals surface area (Å²) < 4.78 is 32.3. The minimum Gasteiger partial charge on any atom is -0.492 e. The summed E-state index contributed by atoms with van der Waals surface area (Å²) in [6, 6.07) is 5.18. The predicted molar refractivity (Wildman–Crippen MR) is 72.4 cm³/mol. The average molecular weight is 271 g/mol. The van der Waals surface area contributed by atoms with Gasteiger partial charge in [-0.3, -0.25) is 0 Å². The van der Waals surface area contributed by atoms with Crippen LogP contribution in [0.3, 0.4) is 0 Å². The molecular formula is C13H21NO3S. The van der Waals surface area contributed by atoms with E-state index < -0.39 is 10.0 Å². The molecular weight excluding hydrogens is 250 g/mol. The van der Waals surface area contributed by atoms with Crippen molar-refractivity contribution in [3.8, 4) is 5.75 Å². The quantitative estimate of drug-likeness (QED) is 0.775. The standard InChI is InChI=1S/C13H21NO3S/c1-4-6-9-14-18(15,16)13-10-11(3)7-8-12(13)17-5-2/h7-8,10,14H,4-6,9H2,1-3H3. The maximum absolute atomic E-state index is 12.2. The molecule has 1 N–H and O–H groups in total. The van der Waals surface area contributed by atoms with Crippen molar-refractivity contribution in [2.75, 3.05) is 13.2 Å². The second kappa shape index (κ2) is 6.75. The van der Waals surface area contributed by atoms with Crippen LogP contribution in [-0.4, -0.2) is 21.6 Å². The van der Waals surface area contributed by atoms with Crippen LogP contribution in [-0.2, 0) is 10.0 Å². The SMILES string of the molecule is CCCCNS(=O)(=O)c1cc(C)ccc1OCC. The Kier molecular flexibility index (Phi) is 5.62. The van der Waals surface area contributed by atoms with Crippen molar-refractivity contribution in [1.29, 1.82) is 0 Å². The van der Waals surface area contributed by atoms with Crippen molar-refractivity contribution in [3.63, 3.8) is 0 Å². The molecule has 0 amide bonds. The third-order valence-electron chi connectivity index (χ3n) is 2.51. The van der Waals surface area contributed by atoms with Crippen molar-refractivity contribution < 1.29 is 13.2 Å². The third kappa shape index (κ3) is 3.99. The van der Waals surface area contributed by atoms with E-state index in [1.807, 2.05) is 26.8 Å². The number of hydrogen-bond acceptors (Lipinski definition) is 3. The molecule has 0 fully saturated rings. The topological polar surface area (TPSA) is 55.4 Å². The summed E-state index contributed by atoms with van der Waals surface area (Å²) in [5.74, 6) is 0.409. The Morgan fingerprint density at radius 1 is 1.28 bits per heavy atom. The number of rotatable bonds is 7. The number of benzene rings is 1. The first-order valence-corrected chi connectivity index (χ1v) is 7.72. The molecule has 0 radical (unpaired) electrons. The van der Waals surface area contributed by atoms with E-state index in [0.29, 0.717) is 18.9 Å². The Bertz CT molecular complexity index is 483. The summed E-state index contributed by atoms with van der Waals surface area (Å²) in [6.07, 6.45) is 1.78. The summed E-state index contributed by atoms with van der Waals surface area (Å²) in [7, 11) is -3.48. The smallest absolute Gasteiger partial charge is 0.244 e. The molecule has 0 saturated heterocycles. The van der Waals surface area contributed by atoms with Gasteiger partial charge in [0.1, 0.15) is 10.6 Å². The Hall–Kier alpha value is -1.07. The molecule has 0 heterocycles. The maximum Gasteiger partial charge on any atom is 0.244 e. The number of ether oxygens (including phenoxy) is 1. The van der Waals surface area contributed by atoms with Crippen molar-refractivity contribution in [3.05, 3.63) is 23.8 Å². The van der Waals surface area contributed by atoms with Crippen molar-refractivity contribution >= 4 is 10.0 Å². The van der Waals surface area contributed by atoms with E-state index >= 15 is 0 Å². The lowest BCUT2D eigenvalue weighted by Gasteiger charge is -2.12. The second-order valence-corrected chi connectivity index (χ2v) is 5.87. The van der Waals surface area contributed by atoms with E-state index in [1.54, 1.807) is 12.1 Å². The van der Waals surface area contributed by atoms with Crippen LogP contribution in [0.5, 0.6) is 5.75 Å². The monoisotopic (exact) mass is 271 g/mol. The molecule has 1 rings (SSSR count). The van der Waals surface area contributed by atoms with E-state index in [0.717, 1.165) is 18.4 Å². The van der Waals surface area contributed by atoms with Gasteiger partial charge in [0.25, 0.3) is 0 Å². The van der Waals surface area contributed by atoms with Crippen LogP contribution in [0.25, 0.3) is 0 Å². The summed E-state index contributed by atoms with van der Waals surface area (Å²) in [4.78, 5) is 0.223. The third-order valence-corrected chi connectivity index (χ3v) is 3.99. The van der Waals surface area contributed by atoms with Crippen molar-refractivity contribution in [2.24, 2.45) is 0 Å². The molecule has 102 valence electrons. The molecule has 0 aromatic heterocycles. The fourth-order valence-corrected chi connectivity index (χ4v) is 2.86. The van der Waals surface area contributed by atoms with Crippen molar-refractivity contribution in [2.45, 2.75) is 38.5 Å². The molecule has 1 aromatic carbocycles. The first-order valence-electron chi connectivity index (χ1n) is 6.24. The van der Waals surface area contributed by atoms with Gasteiger partial charge < -0.3 is 4.74 Å². The van der Waals surface area contributed by atoms with Crippen LogP contribution < -0.4 is 9.46 Å². The summed E-state index contributed by atoms with van der Waals surface area (Å²) >= 11 is 0. The first-order chi connectivity index (χ1) is 8.51. The fraction of sp³-hybridized carbons (Fsp3) is 0.538. The van der Waals surface area contributed by atoms with Crippen LogP contribution in [0.2, 0.25) is 0 Å². The molecule has 0 aliphatic heterocycles. The van der Waals surface area contributed by atoms with Gasteiger partial charge in [-0.1, -0.05) is 19.4 Å². The minimum atomic E-state index is -3.48. The number of aryl methyl sites for hydroxylation is 1. The van der Waals surface area contributed by atoms with Gasteiger partial charge in [0.05, 0.1) is 6.61 Å². The zero-order chi connectivity index (χ0) is 13.6. The second-order valence-electron chi connectivity index (χ2n) is 4.13. The van der Waals surface area contributed by atoms with Crippen LogP contribution in [0.4, 0.5) is 0 Å². The van der Waals surface area contributed by atoms with Crippen LogP contribution >= 0.6 is 0 Å². The first kappa shape index (κ1) is 15.0. The highest BCUT2D eigenvalue weighted by Gasteiger charge is 2.19. The van der Waals surface area contributed by atoms with Gasteiger partial charge in [-0.25, -0.2) is 13.1 Å². The lowest BCUT2D eigenvalue weighted by molar-refractivity contribution is 0.331. The van der Waals surface area contributed by atoms with Crippen LogP contribution in [0, 0.1) is 6.92 Å². The van der Waals surface area contributed by atoms with Crippen LogP contribution in [0.15, 0.2) is 23.1 Å². The van der Waals surface area contributed by atoms with Crippen molar-refractivity contribution in [1.82, 2.24) is 4.72 Å². The summed E-state index contributed by atoms with van der Waals surface area (Å²) in [5.41, 5.74) is 0.898. The molecule has 1 aromatic rings. The van der Waals surface area contributed by atoms with E-state index in [1.165, 1.54) is 0 Å². The van der Waals surface area contributed by atoms with Crippen LogP contribution in [0.1, 0.15) is 32.3 Å². The van der Waals surface area contributed by atoms with Gasteiger partial charge in [0, 0.05) is 6.54 Å². The average Bonchev–Trinajstić information content (AvgIpc) is 2.32. The molecule has 0 unspecified atom stereocenters. The zero-order valence-electron chi connectivity index (χ0n) is 11.2. The lowest BCUT2D eigenvalue weighted by Crippen LogP contribution is -2.25. The van der Waals surface area contributed by atoms with E-state index in [-0.39, 0.29) is 4.90 Å². The molecule has 0 bridgehead atoms. The largest absolute Gasteiger partial charge is 0.492 e. The predicted octanol–water partition coefficient (Wildman–Crippen LogP) is 2.47. The van der Waals surface area contributed by atoms with E-state index in [2.05, 4.69) is 4.72 Å². The molecule has 0 spiro atoms. The Balaban J connectivity index is 3.01. The molecule has 0 aliphatic carbocycles. The zero-order valence-corrected chi connectivity index (χ0v) is 12.0. The van der Waals surface area contributed by atoms with Gasteiger partial charge in [-0.15, -0.1) is 0 Å².